The summed E-state index contributed by atoms with van der Waals surface area (Å²) in [5.74, 6) is -0.166. The molecule has 1 aliphatic heterocycles. The number of rotatable bonds is 4. The van der Waals surface area contributed by atoms with Crippen molar-refractivity contribution in [2.24, 2.45) is 5.41 Å². The summed E-state index contributed by atoms with van der Waals surface area (Å²) in [6.45, 7) is 10.7. The molecule has 2 N–H and O–H groups in total. The van der Waals surface area contributed by atoms with E-state index in [4.69, 9.17) is 5.10 Å². The lowest BCUT2D eigenvalue weighted by Gasteiger charge is -2.35. The maximum atomic E-state index is 13.2. The Hall–Kier alpha value is -2.35. The van der Waals surface area contributed by atoms with Crippen LogP contribution in [0.4, 0.5) is 13.2 Å². The number of aromatic nitrogens is 2. The quantitative estimate of drug-likeness (QED) is 0.559. The average molecular weight is 491 g/mol. The highest BCUT2D eigenvalue weighted by molar-refractivity contribution is 5.82. The molecule has 1 saturated carbocycles. The van der Waals surface area contributed by atoms with Crippen LogP contribution in [0.1, 0.15) is 95.5 Å². The summed E-state index contributed by atoms with van der Waals surface area (Å²) < 4.78 is 41.2. The predicted octanol–water partition coefficient (Wildman–Crippen LogP) is 5.93. The smallest absolute Gasteiger partial charge is 0.352 e. The second kappa shape index (κ2) is 9.26. The fourth-order valence-electron chi connectivity index (χ4n) is 5.23. The number of nitrogens with zero attached hydrogens (tertiary/aromatic N) is 2. The predicted molar refractivity (Wildman–Crippen MR) is 130 cm³/mol. The van der Waals surface area contributed by atoms with E-state index in [1.165, 1.54) is 12.1 Å². The van der Waals surface area contributed by atoms with Gasteiger partial charge in [0.25, 0.3) is 0 Å². The van der Waals surface area contributed by atoms with Crippen LogP contribution in [0.5, 0.6) is 0 Å². The number of nitrogens with one attached hydrogen (secondary N) is 2. The average Bonchev–Trinajstić information content (AvgIpc) is 3.42. The summed E-state index contributed by atoms with van der Waals surface area (Å²) in [4.78, 5) is 13.2. The number of amides is 1. The van der Waals surface area contributed by atoms with Gasteiger partial charge in [-0.3, -0.25) is 14.8 Å². The SMILES string of the molecule is CC1(C)CCC(NC(=O)[C@@H]2C[C@@H](c3ccn(C(C)(C)C)n3)[C@H](c3ccc(C(F)(F)F)cc3)N2)CC1. The number of alkyl halides is 3. The molecule has 4 rings (SSSR count). The Balaban J connectivity index is 1.55. The Labute approximate surface area is 205 Å². The fraction of sp³-hybridized carbons (Fsp3) is 0.630. The van der Waals surface area contributed by atoms with Crippen molar-refractivity contribution in [3.05, 3.63) is 53.3 Å². The summed E-state index contributed by atoms with van der Waals surface area (Å²) in [6, 6.07) is 6.63. The normalized spacial score (nSPS) is 25.5. The van der Waals surface area contributed by atoms with Gasteiger partial charge in [-0.15, -0.1) is 0 Å². The topological polar surface area (TPSA) is 59.0 Å². The van der Waals surface area contributed by atoms with E-state index >= 15 is 0 Å². The van der Waals surface area contributed by atoms with Gasteiger partial charge >= 0.3 is 6.18 Å². The van der Waals surface area contributed by atoms with Crippen molar-refractivity contribution in [1.82, 2.24) is 20.4 Å². The van der Waals surface area contributed by atoms with Gasteiger partial charge in [-0.1, -0.05) is 26.0 Å². The Morgan fingerprint density at radius 1 is 1.09 bits per heavy atom. The van der Waals surface area contributed by atoms with Gasteiger partial charge in [0.05, 0.1) is 22.8 Å². The van der Waals surface area contributed by atoms with Gasteiger partial charge in [0, 0.05) is 24.2 Å². The van der Waals surface area contributed by atoms with E-state index in [-0.39, 0.29) is 29.4 Å². The third-order valence-electron chi connectivity index (χ3n) is 7.55. The molecule has 2 aromatic rings. The molecule has 3 atom stereocenters. The molecule has 1 aromatic carbocycles. The van der Waals surface area contributed by atoms with Gasteiger partial charge in [-0.2, -0.15) is 18.3 Å². The van der Waals surface area contributed by atoms with Crippen LogP contribution >= 0.6 is 0 Å². The van der Waals surface area contributed by atoms with Gasteiger partial charge in [0.2, 0.25) is 5.91 Å². The zero-order valence-corrected chi connectivity index (χ0v) is 21.2. The van der Waals surface area contributed by atoms with Crippen molar-refractivity contribution in [2.75, 3.05) is 0 Å². The number of hydrogen-bond donors (Lipinski definition) is 2. The molecular weight excluding hydrogens is 453 g/mol. The molecule has 0 bridgehead atoms. The van der Waals surface area contributed by atoms with E-state index in [0.717, 1.165) is 49.1 Å². The number of carbonyl (C=O) groups excluding carboxylic acids is 1. The molecular formula is C27H37F3N4O. The van der Waals surface area contributed by atoms with Crippen LogP contribution in [0, 0.1) is 5.41 Å². The fourth-order valence-corrected chi connectivity index (χ4v) is 5.23. The molecule has 1 aromatic heterocycles. The van der Waals surface area contributed by atoms with E-state index in [0.29, 0.717) is 11.8 Å². The van der Waals surface area contributed by atoms with Crippen LogP contribution in [-0.4, -0.2) is 27.8 Å². The van der Waals surface area contributed by atoms with Crippen molar-refractivity contribution >= 4 is 5.91 Å². The van der Waals surface area contributed by atoms with Crippen molar-refractivity contribution < 1.29 is 18.0 Å². The molecule has 0 spiro atoms. The lowest BCUT2D eigenvalue weighted by Crippen LogP contribution is -2.47. The first-order valence-corrected chi connectivity index (χ1v) is 12.5. The molecule has 0 unspecified atom stereocenters. The Morgan fingerprint density at radius 3 is 2.26 bits per heavy atom. The molecule has 1 aliphatic carbocycles. The van der Waals surface area contributed by atoms with E-state index in [1.807, 2.05) is 16.9 Å². The molecule has 2 heterocycles. The van der Waals surface area contributed by atoms with Crippen LogP contribution in [0.25, 0.3) is 0 Å². The number of benzene rings is 1. The molecule has 0 radical (unpaired) electrons. The first kappa shape index (κ1) is 25.7. The minimum atomic E-state index is -4.39. The van der Waals surface area contributed by atoms with Crippen LogP contribution in [0.2, 0.25) is 0 Å². The Bertz CT molecular complexity index is 1030. The largest absolute Gasteiger partial charge is 0.416 e. The van der Waals surface area contributed by atoms with Crippen molar-refractivity contribution in [2.45, 2.75) is 102 Å². The van der Waals surface area contributed by atoms with Crippen molar-refractivity contribution in [3.63, 3.8) is 0 Å². The molecule has 192 valence electrons. The Kier molecular flexibility index (Phi) is 6.81. The van der Waals surface area contributed by atoms with Gasteiger partial charge in [-0.25, -0.2) is 0 Å². The summed E-state index contributed by atoms with van der Waals surface area (Å²) in [5.41, 5.74) is 1.01. The number of hydrogen-bond acceptors (Lipinski definition) is 3. The summed E-state index contributed by atoms with van der Waals surface area (Å²) in [5, 5.41) is 11.4. The second-order valence-corrected chi connectivity index (χ2v) is 12.0. The highest BCUT2D eigenvalue weighted by Gasteiger charge is 2.41. The first-order chi connectivity index (χ1) is 16.2. The minimum absolute atomic E-state index is 0.0376. The molecule has 2 aliphatic rings. The molecule has 8 heteroatoms. The molecule has 5 nitrogen and oxygen atoms in total. The maximum Gasteiger partial charge on any atom is 0.416 e. The standard InChI is InChI=1S/C27H37F3N4O/c1-25(2,3)34-15-12-21(33-34)20-16-22(24(35)31-19-10-13-26(4,5)14-11-19)32-23(20)17-6-8-18(9-7-17)27(28,29)30/h6-9,12,15,19-20,22-23,32H,10-11,13-14,16H2,1-5H3,(H,31,35)/t20-,22-,23-/m0/s1. The number of carbonyl (C=O) groups is 1. The van der Waals surface area contributed by atoms with Gasteiger partial charge in [0.1, 0.15) is 0 Å². The zero-order chi connectivity index (χ0) is 25.6. The van der Waals surface area contributed by atoms with E-state index in [2.05, 4.69) is 45.3 Å². The van der Waals surface area contributed by atoms with Crippen LogP contribution in [0.3, 0.4) is 0 Å². The van der Waals surface area contributed by atoms with Gasteiger partial charge in [-0.05, 0) is 82.1 Å². The third-order valence-corrected chi connectivity index (χ3v) is 7.55. The molecule has 35 heavy (non-hydrogen) atoms. The molecule has 2 fully saturated rings. The van der Waals surface area contributed by atoms with Crippen LogP contribution in [0.15, 0.2) is 36.5 Å². The summed E-state index contributed by atoms with van der Waals surface area (Å²) in [7, 11) is 0. The van der Waals surface area contributed by atoms with Crippen LogP contribution < -0.4 is 10.6 Å². The molecule has 1 saturated heterocycles. The van der Waals surface area contributed by atoms with E-state index < -0.39 is 17.8 Å². The lowest BCUT2D eigenvalue weighted by molar-refractivity contribution is -0.137. The van der Waals surface area contributed by atoms with E-state index in [1.54, 1.807) is 0 Å². The second-order valence-electron chi connectivity index (χ2n) is 12.0. The number of halogens is 3. The first-order valence-electron chi connectivity index (χ1n) is 12.5. The summed E-state index contributed by atoms with van der Waals surface area (Å²) in [6.07, 6.45) is 2.17. The highest BCUT2D eigenvalue weighted by atomic mass is 19.4. The van der Waals surface area contributed by atoms with E-state index in [9.17, 15) is 18.0 Å². The third kappa shape index (κ3) is 5.90. The monoisotopic (exact) mass is 490 g/mol. The van der Waals surface area contributed by atoms with Gasteiger partial charge in [0.15, 0.2) is 0 Å². The highest BCUT2D eigenvalue weighted by Crippen LogP contribution is 2.41. The zero-order valence-electron chi connectivity index (χ0n) is 21.2. The van der Waals surface area contributed by atoms with Crippen molar-refractivity contribution in [3.8, 4) is 0 Å². The lowest BCUT2D eigenvalue weighted by atomic mass is 9.75. The maximum absolute atomic E-state index is 13.2. The summed E-state index contributed by atoms with van der Waals surface area (Å²) >= 11 is 0. The van der Waals surface area contributed by atoms with Crippen LogP contribution in [-0.2, 0) is 16.5 Å². The van der Waals surface area contributed by atoms with Gasteiger partial charge < -0.3 is 5.32 Å². The minimum Gasteiger partial charge on any atom is -0.352 e. The van der Waals surface area contributed by atoms with Crippen molar-refractivity contribution in [1.29, 1.82) is 0 Å². The molecule has 1 amide bonds. The Morgan fingerprint density at radius 2 is 1.71 bits per heavy atom.